The molecule has 0 saturated heterocycles. The number of thiophene rings is 1. The highest BCUT2D eigenvalue weighted by molar-refractivity contribution is 7.17. The van der Waals surface area contributed by atoms with Gasteiger partial charge in [0.05, 0.1) is 16.3 Å². The molecule has 0 aliphatic heterocycles. The molecule has 0 spiro atoms. The van der Waals surface area contributed by atoms with Gasteiger partial charge in [-0.2, -0.15) is 0 Å². The summed E-state index contributed by atoms with van der Waals surface area (Å²) in [5.41, 5.74) is 11.0. The van der Waals surface area contributed by atoms with Crippen LogP contribution in [-0.2, 0) is 6.42 Å². The highest BCUT2D eigenvalue weighted by atomic mass is 32.1. The van der Waals surface area contributed by atoms with Crippen molar-refractivity contribution in [1.82, 2.24) is 4.98 Å². The summed E-state index contributed by atoms with van der Waals surface area (Å²) in [7, 11) is 0. The zero-order valence-electron chi connectivity index (χ0n) is 11.5. The van der Waals surface area contributed by atoms with Crippen molar-refractivity contribution in [1.29, 1.82) is 0 Å². The Kier molecular flexibility index (Phi) is 3.81. The van der Waals surface area contributed by atoms with Gasteiger partial charge in [-0.3, -0.25) is 4.98 Å². The first-order valence-corrected chi connectivity index (χ1v) is 7.83. The molecule has 0 aliphatic carbocycles. The molecule has 0 fully saturated rings. The molecule has 0 saturated carbocycles. The first-order valence-electron chi connectivity index (χ1n) is 6.95. The van der Waals surface area contributed by atoms with Crippen molar-refractivity contribution < 1.29 is 0 Å². The summed E-state index contributed by atoms with van der Waals surface area (Å²) in [6.45, 7) is 2.20. The van der Waals surface area contributed by atoms with Gasteiger partial charge in [0.1, 0.15) is 0 Å². The van der Waals surface area contributed by atoms with Crippen LogP contribution in [0.4, 0.5) is 0 Å². The van der Waals surface area contributed by atoms with Gasteiger partial charge in [0.15, 0.2) is 0 Å². The third-order valence-electron chi connectivity index (χ3n) is 3.53. The molecule has 1 atom stereocenters. The minimum Gasteiger partial charge on any atom is -0.320 e. The van der Waals surface area contributed by atoms with Crippen LogP contribution in [0.1, 0.15) is 36.1 Å². The fraction of sp³-hybridized carbons (Fsp3) is 0.235. The van der Waals surface area contributed by atoms with Gasteiger partial charge in [0.25, 0.3) is 0 Å². The average Bonchev–Trinajstić information content (AvgIpc) is 2.94. The Morgan fingerprint density at radius 3 is 2.95 bits per heavy atom. The Labute approximate surface area is 123 Å². The van der Waals surface area contributed by atoms with E-state index in [0.717, 1.165) is 29.5 Å². The number of aryl methyl sites for hydroxylation is 1. The van der Waals surface area contributed by atoms with Crippen LogP contribution in [0.25, 0.3) is 10.2 Å². The van der Waals surface area contributed by atoms with E-state index in [2.05, 4.69) is 47.6 Å². The van der Waals surface area contributed by atoms with E-state index in [0.29, 0.717) is 0 Å². The molecule has 2 heterocycles. The van der Waals surface area contributed by atoms with Crippen LogP contribution >= 0.6 is 11.3 Å². The summed E-state index contributed by atoms with van der Waals surface area (Å²) in [4.78, 5) is 4.48. The molecule has 2 nitrogen and oxygen atoms in total. The zero-order valence-corrected chi connectivity index (χ0v) is 12.4. The molecule has 2 N–H and O–H groups in total. The normalized spacial score (nSPS) is 12.7. The molecule has 0 radical (unpaired) electrons. The van der Waals surface area contributed by atoms with Crippen molar-refractivity contribution in [2.24, 2.45) is 5.73 Å². The van der Waals surface area contributed by atoms with Gasteiger partial charge in [-0.1, -0.05) is 37.6 Å². The SMILES string of the molecule is CCCc1cccc(C(N)c2cnc3ccsc3c2)c1. The molecule has 1 aromatic carbocycles. The number of nitrogens with zero attached hydrogens (tertiary/aromatic N) is 1. The van der Waals surface area contributed by atoms with Crippen molar-refractivity contribution in [3.63, 3.8) is 0 Å². The second kappa shape index (κ2) is 5.73. The molecule has 3 aromatic rings. The van der Waals surface area contributed by atoms with Crippen LogP contribution in [0.3, 0.4) is 0 Å². The van der Waals surface area contributed by atoms with E-state index in [4.69, 9.17) is 5.73 Å². The summed E-state index contributed by atoms with van der Waals surface area (Å²) in [6.07, 6.45) is 4.15. The molecule has 0 aliphatic rings. The molecule has 0 amide bonds. The van der Waals surface area contributed by atoms with Crippen molar-refractivity contribution >= 4 is 21.6 Å². The Morgan fingerprint density at radius 2 is 2.10 bits per heavy atom. The van der Waals surface area contributed by atoms with E-state index in [1.165, 1.54) is 10.3 Å². The lowest BCUT2D eigenvalue weighted by Gasteiger charge is -2.13. The number of pyridine rings is 1. The van der Waals surface area contributed by atoms with Gasteiger partial charge in [0.2, 0.25) is 0 Å². The first-order chi connectivity index (χ1) is 9.78. The van der Waals surface area contributed by atoms with Crippen LogP contribution < -0.4 is 5.73 Å². The standard InChI is InChI=1S/C17H18N2S/c1-2-4-12-5-3-6-13(9-12)17(18)14-10-16-15(19-11-14)7-8-20-16/h3,5-11,17H,2,4,18H2,1H3. The van der Waals surface area contributed by atoms with E-state index in [-0.39, 0.29) is 6.04 Å². The Bertz CT molecular complexity index is 718. The highest BCUT2D eigenvalue weighted by Crippen LogP contribution is 2.25. The van der Waals surface area contributed by atoms with Gasteiger partial charge in [-0.25, -0.2) is 0 Å². The number of hydrogen-bond acceptors (Lipinski definition) is 3. The van der Waals surface area contributed by atoms with Crippen molar-refractivity contribution in [2.75, 3.05) is 0 Å². The number of benzene rings is 1. The quantitative estimate of drug-likeness (QED) is 0.775. The largest absolute Gasteiger partial charge is 0.320 e. The number of rotatable bonds is 4. The van der Waals surface area contributed by atoms with E-state index >= 15 is 0 Å². The minimum absolute atomic E-state index is 0.106. The topological polar surface area (TPSA) is 38.9 Å². The maximum absolute atomic E-state index is 6.41. The van der Waals surface area contributed by atoms with E-state index < -0.39 is 0 Å². The number of aromatic nitrogens is 1. The zero-order chi connectivity index (χ0) is 13.9. The average molecular weight is 282 g/mol. The second-order valence-electron chi connectivity index (χ2n) is 5.05. The van der Waals surface area contributed by atoms with Crippen LogP contribution in [0.5, 0.6) is 0 Å². The Morgan fingerprint density at radius 1 is 1.20 bits per heavy atom. The van der Waals surface area contributed by atoms with Crippen molar-refractivity contribution in [3.8, 4) is 0 Å². The van der Waals surface area contributed by atoms with Crippen LogP contribution in [0.15, 0.2) is 48.0 Å². The Balaban J connectivity index is 1.94. The summed E-state index contributed by atoms with van der Waals surface area (Å²) >= 11 is 1.71. The third-order valence-corrected chi connectivity index (χ3v) is 4.38. The molecular formula is C17H18N2S. The van der Waals surface area contributed by atoms with Crippen LogP contribution in [0.2, 0.25) is 0 Å². The van der Waals surface area contributed by atoms with Gasteiger partial charge in [-0.05, 0) is 40.6 Å². The second-order valence-corrected chi connectivity index (χ2v) is 5.99. The summed E-state index contributed by atoms with van der Waals surface area (Å²) in [5, 5.41) is 2.06. The predicted octanol–water partition coefficient (Wildman–Crippen LogP) is 4.30. The molecule has 2 aromatic heterocycles. The summed E-state index contributed by atoms with van der Waals surface area (Å²) < 4.78 is 1.20. The molecule has 0 bridgehead atoms. The van der Waals surface area contributed by atoms with Crippen molar-refractivity contribution in [2.45, 2.75) is 25.8 Å². The van der Waals surface area contributed by atoms with E-state index in [1.54, 1.807) is 11.3 Å². The number of nitrogens with two attached hydrogens (primary N) is 1. The molecule has 20 heavy (non-hydrogen) atoms. The number of fused-ring (bicyclic) bond motifs is 1. The van der Waals surface area contributed by atoms with Gasteiger partial charge in [-0.15, -0.1) is 11.3 Å². The van der Waals surface area contributed by atoms with Crippen LogP contribution in [-0.4, -0.2) is 4.98 Å². The van der Waals surface area contributed by atoms with Gasteiger partial charge < -0.3 is 5.73 Å². The minimum atomic E-state index is -0.106. The summed E-state index contributed by atoms with van der Waals surface area (Å²) in [6, 6.07) is 12.7. The maximum Gasteiger partial charge on any atom is 0.0809 e. The molecular weight excluding hydrogens is 264 g/mol. The predicted molar refractivity (Wildman–Crippen MR) is 86.1 cm³/mol. The monoisotopic (exact) mass is 282 g/mol. The molecule has 1 unspecified atom stereocenters. The molecule has 3 heteroatoms. The van der Waals surface area contributed by atoms with E-state index in [9.17, 15) is 0 Å². The van der Waals surface area contributed by atoms with Gasteiger partial charge >= 0.3 is 0 Å². The van der Waals surface area contributed by atoms with Crippen molar-refractivity contribution in [3.05, 3.63) is 64.7 Å². The lowest BCUT2D eigenvalue weighted by atomic mass is 9.98. The van der Waals surface area contributed by atoms with Gasteiger partial charge in [0, 0.05) is 6.20 Å². The lowest BCUT2D eigenvalue weighted by Crippen LogP contribution is -2.12. The summed E-state index contributed by atoms with van der Waals surface area (Å²) in [5.74, 6) is 0. The van der Waals surface area contributed by atoms with E-state index in [1.807, 2.05) is 12.3 Å². The third kappa shape index (κ3) is 2.60. The lowest BCUT2D eigenvalue weighted by molar-refractivity contribution is 0.855. The fourth-order valence-corrected chi connectivity index (χ4v) is 3.24. The fourth-order valence-electron chi connectivity index (χ4n) is 2.45. The smallest absolute Gasteiger partial charge is 0.0809 e. The van der Waals surface area contributed by atoms with Crippen LogP contribution in [0, 0.1) is 0 Å². The maximum atomic E-state index is 6.41. The highest BCUT2D eigenvalue weighted by Gasteiger charge is 2.11. The first kappa shape index (κ1) is 13.3. The number of hydrogen-bond donors (Lipinski definition) is 1. The molecule has 102 valence electrons. The molecule has 3 rings (SSSR count). The Hall–Kier alpha value is -1.71.